The number of pyridine rings is 2. The molecular weight excluding hydrogens is 426 g/mol. The van der Waals surface area contributed by atoms with E-state index >= 15 is 0 Å². The molecule has 0 atom stereocenters. The zero-order valence-corrected chi connectivity index (χ0v) is 19.0. The summed E-state index contributed by atoms with van der Waals surface area (Å²) < 4.78 is 1.03. The van der Waals surface area contributed by atoms with Crippen LogP contribution in [0.3, 0.4) is 0 Å². The topological polar surface area (TPSA) is 80.7 Å². The lowest BCUT2D eigenvalue weighted by Crippen LogP contribution is -2.14. The monoisotopic (exact) mass is 449 g/mol. The molecule has 5 rings (SSSR count). The summed E-state index contributed by atoms with van der Waals surface area (Å²) in [5, 5.41) is 4.87. The molecule has 8 heteroatoms. The van der Waals surface area contributed by atoms with Gasteiger partial charge in [-0.15, -0.1) is 11.3 Å². The molecule has 1 aliphatic rings. The number of thiophene rings is 1. The van der Waals surface area contributed by atoms with Gasteiger partial charge in [0.1, 0.15) is 22.0 Å². The summed E-state index contributed by atoms with van der Waals surface area (Å²) in [6.07, 6.45) is 10.1. The molecule has 0 unspecified atom stereocenters. The molecule has 0 saturated carbocycles. The summed E-state index contributed by atoms with van der Waals surface area (Å²) in [7, 11) is 0. The molecule has 0 saturated heterocycles. The fourth-order valence-corrected chi connectivity index (χ4v) is 6.27. The molecule has 6 nitrogen and oxygen atoms in total. The molecule has 4 aromatic rings. The molecule has 0 aliphatic heterocycles. The quantitative estimate of drug-likeness (QED) is 0.322. The Morgan fingerprint density at radius 2 is 2.03 bits per heavy atom. The van der Waals surface area contributed by atoms with Crippen molar-refractivity contribution in [2.45, 2.75) is 50.5 Å². The number of nitrogens with one attached hydrogen (secondary N) is 1. The predicted octanol–water partition coefficient (Wildman–Crippen LogP) is 5.20. The molecule has 0 fully saturated rings. The highest BCUT2D eigenvalue weighted by Crippen LogP contribution is 2.41. The first-order valence-electron chi connectivity index (χ1n) is 10.7. The van der Waals surface area contributed by atoms with Gasteiger partial charge in [-0.2, -0.15) is 0 Å². The number of fused-ring (bicyclic) bond motifs is 5. The van der Waals surface area contributed by atoms with Crippen LogP contribution in [0.2, 0.25) is 0 Å². The van der Waals surface area contributed by atoms with E-state index in [0.29, 0.717) is 5.82 Å². The summed E-state index contributed by atoms with van der Waals surface area (Å²) in [4.78, 5) is 31.8. The third kappa shape index (κ3) is 4.02. The molecule has 4 heterocycles. The van der Waals surface area contributed by atoms with E-state index in [2.05, 4.69) is 27.2 Å². The van der Waals surface area contributed by atoms with Crippen LogP contribution in [0, 0.1) is 0 Å². The molecule has 4 aromatic heterocycles. The van der Waals surface area contributed by atoms with Gasteiger partial charge in [-0.25, -0.2) is 19.9 Å². The summed E-state index contributed by atoms with van der Waals surface area (Å²) in [5.41, 5.74) is 5.13. The number of aryl methyl sites for hydroxylation is 2. The number of carbonyl (C=O) groups is 1. The maximum absolute atomic E-state index is 12.4. The van der Waals surface area contributed by atoms with Gasteiger partial charge in [-0.1, -0.05) is 31.2 Å². The van der Waals surface area contributed by atoms with Crippen LogP contribution >= 0.6 is 23.1 Å². The average molecular weight is 450 g/mol. The van der Waals surface area contributed by atoms with E-state index in [1.807, 2.05) is 12.1 Å². The Bertz CT molecular complexity index is 1260. The van der Waals surface area contributed by atoms with E-state index in [4.69, 9.17) is 4.98 Å². The zero-order valence-electron chi connectivity index (χ0n) is 17.4. The first-order valence-corrected chi connectivity index (χ1v) is 12.5. The van der Waals surface area contributed by atoms with Crippen LogP contribution in [-0.2, 0) is 24.1 Å². The van der Waals surface area contributed by atoms with Gasteiger partial charge >= 0.3 is 0 Å². The molecule has 1 aliphatic carbocycles. The van der Waals surface area contributed by atoms with Crippen molar-refractivity contribution in [3.05, 3.63) is 47.5 Å². The SMILES string of the molecule is CCCc1nc2sc3c(SCC(=O)Nc4ccccn4)ncnc3c2c2c1CCCC2. The van der Waals surface area contributed by atoms with E-state index in [1.54, 1.807) is 29.9 Å². The van der Waals surface area contributed by atoms with Crippen molar-refractivity contribution < 1.29 is 4.79 Å². The minimum atomic E-state index is -0.0997. The van der Waals surface area contributed by atoms with E-state index < -0.39 is 0 Å². The van der Waals surface area contributed by atoms with E-state index in [9.17, 15) is 4.79 Å². The highest BCUT2D eigenvalue weighted by atomic mass is 32.2. The van der Waals surface area contributed by atoms with Gasteiger partial charge in [0.25, 0.3) is 0 Å². The maximum atomic E-state index is 12.4. The number of hydrogen-bond donors (Lipinski definition) is 1. The lowest BCUT2D eigenvalue weighted by Gasteiger charge is -2.19. The standard InChI is InChI=1S/C23H23N5OS2/c1-2-7-16-14-8-3-4-9-15(14)19-20-21(31-22(19)27-16)23(26-13-25-20)30-12-18(29)28-17-10-5-6-11-24-17/h5-6,10-11,13H,2-4,7-9,12H2,1H3,(H,24,28,29). The molecule has 1 amide bonds. The van der Waals surface area contributed by atoms with Crippen molar-refractivity contribution in [1.29, 1.82) is 0 Å². The first-order chi connectivity index (χ1) is 15.2. The Balaban J connectivity index is 1.49. The number of aromatic nitrogens is 4. The molecule has 0 radical (unpaired) electrons. The van der Waals surface area contributed by atoms with Gasteiger partial charge in [0, 0.05) is 17.3 Å². The van der Waals surface area contributed by atoms with Gasteiger partial charge in [0.2, 0.25) is 5.91 Å². The number of thioether (sulfide) groups is 1. The van der Waals surface area contributed by atoms with Crippen LogP contribution < -0.4 is 5.32 Å². The first kappa shape index (κ1) is 20.3. The number of amides is 1. The van der Waals surface area contributed by atoms with E-state index in [0.717, 1.165) is 45.8 Å². The summed E-state index contributed by atoms with van der Waals surface area (Å²) in [6.45, 7) is 2.21. The summed E-state index contributed by atoms with van der Waals surface area (Å²) in [5.74, 6) is 0.725. The molecule has 0 spiro atoms. The fourth-order valence-electron chi connectivity index (χ4n) is 4.21. The Labute approximate surface area is 188 Å². The predicted molar refractivity (Wildman–Crippen MR) is 127 cm³/mol. The highest BCUT2D eigenvalue weighted by Gasteiger charge is 2.23. The van der Waals surface area contributed by atoms with E-state index in [1.165, 1.54) is 46.8 Å². The second-order valence-corrected chi connectivity index (χ2v) is 9.63. The van der Waals surface area contributed by atoms with E-state index in [-0.39, 0.29) is 11.7 Å². The third-order valence-electron chi connectivity index (χ3n) is 5.53. The number of nitrogens with zero attached hydrogens (tertiary/aromatic N) is 4. The highest BCUT2D eigenvalue weighted by molar-refractivity contribution is 8.00. The van der Waals surface area contributed by atoms with Crippen molar-refractivity contribution in [2.75, 3.05) is 11.1 Å². The van der Waals surface area contributed by atoms with Crippen LogP contribution in [-0.4, -0.2) is 31.6 Å². The van der Waals surface area contributed by atoms with Crippen LogP contribution in [0.4, 0.5) is 5.82 Å². The Kier molecular flexibility index (Phi) is 5.82. The Hall–Kier alpha value is -2.58. The molecule has 158 valence electrons. The van der Waals surface area contributed by atoms with Gasteiger partial charge in [0.05, 0.1) is 16.0 Å². The minimum absolute atomic E-state index is 0.0997. The fraction of sp³-hybridized carbons (Fsp3) is 0.348. The number of rotatable bonds is 6. The minimum Gasteiger partial charge on any atom is -0.310 e. The average Bonchev–Trinajstić information content (AvgIpc) is 3.18. The summed E-state index contributed by atoms with van der Waals surface area (Å²) in [6, 6.07) is 5.45. The maximum Gasteiger partial charge on any atom is 0.235 e. The molecule has 31 heavy (non-hydrogen) atoms. The Morgan fingerprint density at radius 1 is 1.16 bits per heavy atom. The van der Waals surface area contributed by atoms with Crippen LogP contribution in [0.1, 0.15) is 43.0 Å². The molecule has 0 aromatic carbocycles. The molecule has 0 bridgehead atoms. The van der Waals surface area contributed by atoms with Crippen molar-refractivity contribution in [3.63, 3.8) is 0 Å². The van der Waals surface area contributed by atoms with Gasteiger partial charge in [-0.05, 0) is 55.4 Å². The van der Waals surface area contributed by atoms with Gasteiger partial charge in [0.15, 0.2) is 0 Å². The number of anilines is 1. The second-order valence-electron chi connectivity index (χ2n) is 7.66. The van der Waals surface area contributed by atoms with Gasteiger partial charge in [-0.3, -0.25) is 4.79 Å². The van der Waals surface area contributed by atoms with Crippen LogP contribution in [0.25, 0.3) is 20.4 Å². The van der Waals surface area contributed by atoms with Crippen LogP contribution in [0.5, 0.6) is 0 Å². The van der Waals surface area contributed by atoms with Crippen molar-refractivity contribution in [3.8, 4) is 0 Å². The number of hydrogen-bond acceptors (Lipinski definition) is 7. The zero-order chi connectivity index (χ0) is 21.2. The van der Waals surface area contributed by atoms with Crippen molar-refractivity contribution >= 4 is 55.3 Å². The van der Waals surface area contributed by atoms with Crippen LogP contribution in [0.15, 0.2) is 35.7 Å². The normalized spacial score (nSPS) is 13.5. The number of carbonyl (C=O) groups excluding carboxylic acids is 1. The largest absolute Gasteiger partial charge is 0.310 e. The lowest BCUT2D eigenvalue weighted by atomic mass is 9.88. The Morgan fingerprint density at radius 3 is 2.84 bits per heavy atom. The smallest absolute Gasteiger partial charge is 0.235 e. The molecular formula is C23H23N5OS2. The van der Waals surface area contributed by atoms with Gasteiger partial charge < -0.3 is 5.32 Å². The second kappa shape index (κ2) is 8.88. The summed E-state index contributed by atoms with van der Waals surface area (Å²) >= 11 is 3.09. The third-order valence-corrected chi connectivity index (χ3v) is 7.73. The molecule has 1 N–H and O–H groups in total. The lowest BCUT2D eigenvalue weighted by molar-refractivity contribution is -0.113. The van der Waals surface area contributed by atoms with Crippen molar-refractivity contribution in [2.24, 2.45) is 0 Å². The van der Waals surface area contributed by atoms with Crippen molar-refractivity contribution in [1.82, 2.24) is 19.9 Å².